The fraction of sp³-hybridized carbons (Fsp3) is 0.150. The van der Waals surface area contributed by atoms with Crippen LogP contribution in [0, 0.1) is 0 Å². The quantitative estimate of drug-likeness (QED) is 0.790. The Labute approximate surface area is 150 Å². The lowest BCUT2D eigenvalue weighted by atomic mass is 9.93. The number of fused-ring (bicyclic) bond motifs is 1. The Kier molecular flexibility index (Phi) is 4.01. The van der Waals surface area contributed by atoms with Crippen LogP contribution in [0.2, 0.25) is 0 Å². The van der Waals surface area contributed by atoms with Crippen molar-refractivity contribution in [3.8, 4) is 5.69 Å². The van der Waals surface area contributed by atoms with Gasteiger partial charge in [-0.3, -0.25) is 4.79 Å². The predicted molar refractivity (Wildman–Crippen MR) is 95.0 cm³/mol. The molecule has 1 aliphatic rings. The lowest BCUT2D eigenvalue weighted by molar-refractivity contribution is -0.142. The van der Waals surface area contributed by atoms with Crippen molar-refractivity contribution in [1.82, 2.24) is 14.7 Å². The summed E-state index contributed by atoms with van der Waals surface area (Å²) in [5.74, 6) is -1.26. The summed E-state index contributed by atoms with van der Waals surface area (Å²) in [5.41, 5.74) is 3.28. The van der Waals surface area contributed by atoms with Crippen LogP contribution in [0.15, 0.2) is 67.0 Å². The molecule has 1 aliphatic heterocycles. The van der Waals surface area contributed by atoms with Crippen molar-refractivity contribution in [2.75, 3.05) is 0 Å². The first-order valence-electron chi connectivity index (χ1n) is 8.34. The number of carbonyl (C=O) groups is 2. The van der Waals surface area contributed by atoms with Crippen LogP contribution in [0.1, 0.15) is 21.5 Å². The Morgan fingerprint density at radius 3 is 2.38 bits per heavy atom. The molecule has 1 N–H and O–H groups in total. The molecular formula is C20H17N3O3. The van der Waals surface area contributed by atoms with Crippen LogP contribution in [0.3, 0.4) is 0 Å². The topological polar surface area (TPSA) is 75.4 Å². The molecule has 0 fully saturated rings. The molecule has 4 rings (SSSR count). The Morgan fingerprint density at radius 2 is 1.73 bits per heavy atom. The minimum atomic E-state index is -0.985. The van der Waals surface area contributed by atoms with E-state index in [-0.39, 0.29) is 5.91 Å². The number of amides is 1. The third kappa shape index (κ3) is 2.86. The Balaban J connectivity index is 1.63. The number of carbonyl (C=O) groups excluding carboxylic acids is 1. The Morgan fingerprint density at radius 1 is 1.00 bits per heavy atom. The van der Waals surface area contributed by atoms with Crippen LogP contribution in [-0.4, -0.2) is 37.7 Å². The molecule has 0 aliphatic carbocycles. The molecule has 6 nitrogen and oxygen atoms in total. The van der Waals surface area contributed by atoms with E-state index in [2.05, 4.69) is 5.10 Å². The molecule has 0 bridgehead atoms. The van der Waals surface area contributed by atoms with Gasteiger partial charge in [0.05, 0.1) is 5.69 Å². The summed E-state index contributed by atoms with van der Waals surface area (Å²) in [6, 6.07) is 15.6. The molecular weight excluding hydrogens is 330 g/mol. The summed E-state index contributed by atoms with van der Waals surface area (Å²) < 4.78 is 1.70. The normalized spacial score (nSPS) is 16.2. The second-order valence-corrected chi connectivity index (χ2v) is 6.26. The fourth-order valence-corrected chi connectivity index (χ4v) is 3.30. The molecule has 1 atom stereocenters. The lowest BCUT2D eigenvalue weighted by Crippen LogP contribution is -2.48. The smallest absolute Gasteiger partial charge is 0.326 e. The van der Waals surface area contributed by atoms with Crippen LogP contribution in [0.4, 0.5) is 0 Å². The average molecular weight is 347 g/mol. The molecule has 0 saturated heterocycles. The minimum Gasteiger partial charge on any atom is -0.480 e. The molecule has 0 spiro atoms. The molecule has 26 heavy (non-hydrogen) atoms. The highest BCUT2D eigenvalue weighted by Crippen LogP contribution is 2.25. The van der Waals surface area contributed by atoms with Gasteiger partial charge in [-0.1, -0.05) is 24.3 Å². The largest absolute Gasteiger partial charge is 0.480 e. The SMILES string of the molecule is O=C(O)[C@@H]1Cc2ccccc2CN1C(=O)c1ccc(-n2cccn2)cc1. The number of benzene rings is 2. The van der Waals surface area contributed by atoms with Gasteiger partial charge in [-0.15, -0.1) is 0 Å². The zero-order valence-electron chi connectivity index (χ0n) is 13.9. The summed E-state index contributed by atoms with van der Waals surface area (Å²) >= 11 is 0. The number of rotatable bonds is 3. The first-order valence-corrected chi connectivity index (χ1v) is 8.34. The minimum absolute atomic E-state index is 0.279. The van der Waals surface area contributed by atoms with Gasteiger partial charge in [0.25, 0.3) is 5.91 Å². The number of carboxylic acid groups (broad SMARTS) is 1. The van der Waals surface area contributed by atoms with Crippen LogP contribution in [-0.2, 0) is 17.8 Å². The number of hydrogen-bond acceptors (Lipinski definition) is 3. The second-order valence-electron chi connectivity index (χ2n) is 6.26. The maximum atomic E-state index is 13.0. The number of hydrogen-bond donors (Lipinski definition) is 1. The first kappa shape index (κ1) is 16.1. The highest BCUT2D eigenvalue weighted by molar-refractivity contribution is 5.97. The van der Waals surface area contributed by atoms with E-state index < -0.39 is 12.0 Å². The van der Waals surface area contributed by atoms with Gasteiger partial charge in [-0.2, -0.15) is 5.10 Å². The first-order chi connectivity index (χ1) is 12.6. The van der Waals surface area contributed by atoms with Gasteiger partial charge >= 0.3 is 5.97 Å². The lowest BCUT2D eigenvalue weighted by Gasteiger charge is -2.34. The molecule has 130 valence electrons. The molecule has 3 aromatic rings. The van der Waals surface area contributed by atoms with E-state index in [1.165, 1.54) is 4.90 Å². The third-order valence-electron chi connectivity index (χ3n) is 4.68. The van der Waals surface area contributed by atoms with Crippen molar-refractivity contribution >= 4 is 11.9 Å². The van der Waals surface area contributed by atoms with Crippen LogP contribution >= 0.6 is 0 Å². The third-order valence-corrected chi connectivity index (χ3v) is 4.68. The van der Waals surface area contributed by atoms with E-state index in [0.29, 0.717) is 18.5 Å². The highest BCUT2D eigenvalue weighted by Gasteiger charge is 2.34. The molecule has 0 unspecified atom stereocenters. The summed E-state index contributed by atoms with van der Waals surface area (Å²) in [4.78, 5) is 26.1. The van der Waals surface area contributed by atoms with Crippen molar-refractivity contribution in [3.63, 3.8) is 0 Å². The molecule has 1 aromatic heterocycles. The van der Waals surface area contributed by atoms with E-state index in [0.717, 1.165) is 16.8 Å². The van der Waals surface area contributed by atoms with Gasteiger partial charge in [-0.25, -0.2) is 9.48 Å². The zero-order valence-corrected chi connectivity index (χ0v) is 13.9. The summed E-state index contributed by atoms with van der Waals surface area (Å²) in [6.07, 6.45) is 3.82. The maximum Gasteiger partial charge on any atom is 0.326 e. The summed E-state index contributed by atoms with van der Waals surface area (Å²) in [6.45, 7) is 0.298. The van der Waals surface area contributed by atoms with E-state index in [4.69, 9.17) is 0 Å². The van der Waals surface area contributed by atoms with E-state index in [1.807, 2.05) is 36.5 Å². The molecule has 0 radical (unpaired) electrons. The van der Waals surface area contributed by atoms with Crippen molar-refractivity contribution in [1.29, 1.82) is 0 Å². The van der Waals surface area contributed by atoms with Gasteiger partial charge < -0.3 is 10.0 Å². The summed E-state index contributed by atoms with van der Waals surface area (Å²) in [7, 11) is 0. The summed E-state index contributed by atoms with van der Waals surface area (Å²) in [5, 5.41) is 13.7. The number of aromatic nitrogens is 2. The maximum absolute atomic E-state index is 13.0. The molecule has 6 heteroatoms. The van der Waals surface area contributed by atoms with Gasteiger partial charge in [0, 0.05) is 30.9 Å². The van der Waals surface area contributed by atoms with Gasteiger partial charge in [0.2, 0.25) is 0 Å². The average Bonchev–Trinajstić information content (AvgIpc) is 3.21. The van der Waals surface area contributed by atoms with E-state index in [9.17, 15) is 14.7 Å². The van der Waals surface area contributed by atoms with Crippen molar-refractivity contribution in [2.24, 2.45) is 0 Å². The second kappa shape index (κ2) is 6.48. The fourth-order valence-electron chi connectivity index (χ4n) is 3.30. The Bertz CT molecular complexity index is 949. The standard InChI is InChI=1S/C20H17N3O3/c24-19(14-6-8-17(9-7-14)23-11-3-10-21-23)22-13-16-5-2-1-4-15(16)12-18(22)20(25)26/h1-11,18H,12-13H2,(H,25,26)/t18-/m0/s1. The number of aliphatic carboxylic acids is 1. The molecule has 1 amide bonds. The van der Waals surface area contributed by atoms with Crippen LogP contribution in [0.5, 0.6) is 0 Å². The van der Waals surface area contributed by atoms with Crippen LogP contribution in [0.25, 0.3) is 5.69 Å². The van der Waals surface area contributed by atoms with Gasteiger partial charge in [0.1, 0.15) is 6.04 Å². The molecule has 2 heterocycles. The van der Waals surface area contributed by atoms with Crippen molar-refractivity contribution in [3.05, 3.63) is 83.7 Å². The Hall–Kier alpha value is -3.41. The van der Waals surface area contributed by atoms with E-state index >= 15 is 0 Å². The number of nitrogens with zero attached hydrogens (tertiary/aromatic N) is 3. The predicted octanol–water partition coefficient (Wildman–Crippen LogP) is 2.52. The van der Waals surface area contributed by atoms with Gasteiger partial charge in [-0.05, 0) is 41.5 Å². The molecule has 0 saturated carbocycles. The van der Waals surface area contributed by atoms with Crippen molar-refractivity contribution in [2.45, 2.75) is 19.0 Å². The van der Waals surface area contributed by atoms with Crippen LogP contribution < -0.4 is 0 Å². The van der Waals surface area contributed by atoms with Crippen molar-refractivity contribution < 1.29 is 14.7 Å². The highest BCUT2D eigenvalue weighted by atomic mass is 16.4. The molecule has 2 aromatic carbocycles. The zero-order chi connectivity index (χ0) is 18.1. The van der Waals surface area contributed by atoms with E-state index in [1.54, 1.807) is 35.1 Å². The number of carboxylic acids is 1. The van der Waals surface area contributed by atoms with Gasteiger partial charge in [0.15, 0.2) is 0 Å². The monoisotopic (exact) mass is 347 g/mol.